The molecule has 1 fully saturated rings. The first kappa shape index (κ1) is 18.5. The largest absolute Gasteiger partial charge is 0.481 e. The average Bonchev–Trinajstić information content (AvgIpc) is 2.50. The van der Waals surface area contributed by atoms with Crippen LogP contribution in [0.3, 0.4) is 0 Å². The van der Waals surface area contributed by atoms with E-state index in [0.717, 1.165) is 12.8 Å². The SMILES string of the molecule is CCCCCCCCCCCCC1(C(=O)O)CCOCC1. The second-order valence-electron chi connectivity index (χ2n) is 6.63. The normalized spacial score (nSPS) is 17.8. The fourth-order valence-corrected chi connectivity index (χ4v) is 3.28. The maximum atomic E-state index is 11.5. The van der Waals surface area contributed by atoms with Crippen molar-refractivity contribution in [2.24, 2.45) is 5.41 Å². The first-order valence-electron chi connectivity index (χ1n) is 9.02. The summed E-state index contributed by atoms with van der Waals surface area (Å²) >= 11 is 0. The molecule has 21 heavy (non-hydrogen) atoms. The van der Waals surface area contributed by atoms with Gasteiger partial charge in [0.15, 0.2) is 0 Å². The molecule has 1 N–H and O–H groups in total. The van der Waals surface area contributed by atoms with E-state index in [2.05, 4.69) is 6.92 Å². The van der Waals surface area contributed by atoms with Gasteiger partial charge in [-0.2, -0.15) is 0 Å². The van der Waals surface area contributed by atoms with Crippen LogP contribution in [0.4, 0.5) is 0 Å². The molecule has 0 spiro atoms. The smallest absolute Gasteiger partial charge is 0.309 e. The second kappa shape index (κ2) is 11.1. The lowest BCUT2D eigenvalue weighted by atomic mass is 9.76. The molecule has 1 heterocycles. The number of hydrogen-bond acceptors (Lipinski definition) is 2. The predicted molar refractivity (Wildman–Crippen MR) is 86.6 cm³/mol. The van der Waals surface area contributed by atoms with Crippen molar-refractivity contribution >= 4 is 5.97 Å². The number of carboxylic acids is 1. The lowest BCUT2D eigenvalue weighted by Crippen LogP contribution is -2.37. The Morgan fingerprint density at radius 1 is 0.905 bits per heavy atom. The van der Waals surface area contributed by atoms with Gasteiger partial charge in [-0.05, 0) is 19.3 Å². The summed E-state index contributed by atoms with van der Waals surface area (Å²) in [4.78, 5) is 11.5. The van der Waals surface area contributed by atoms with Crippen LogP contribution in [0, 0.1) is 5.41 Å². The first-order valence-corrected chi connectivity index (χ1v) is 9.02. The van der Waals surface area contributed by atoms with E-state index >= 15 is 0 Å². The number of aliphatic carboxylic acids is 1. The van der Waals surface area contributed by atoms with Gasteiger partial charge in [-0.1, -0.05) is 71.1 Å². The Balaban J connectivity index is 2.01. The van der Waals surface area contributed by atoms with Crippen molar-refractivity contribution in [1.29, 1.82) is 0 Å². The third-order valence-corrected chi connectivity index (χ3v) is 4.91. The Kier molecular flexibility index (Phi) is 9.73. The lowest BCUT2D eigenvalue weighted by molar-refractivity contribution is -0.155. The van der Waals surface area contributed by atoms with Crippen molar-refractivity contribution in [3.05, 3.63) is 0 Å². The van der Waals surface area contributed by atoms with Gasteiger partial charge in [0.1, 0.15) is 0 Å². The topological polar surface area (TPSA) is 46.5 Å². The van der Waals surface area contributed by atoms with Crippen LogP contribution in [0.1, 0.15) is 90.4 Å². The fraction of sp³-hybridized carbons (Fsp3) is 0.944. The summed E-state index contributed by atoms with van der Waals surface area (Å²) in [5.74, 6) is -0.610. The van der Waals surface area contributed by atoms with Crippen LogP contribution in [0.25, 0.3) is 0 Å². The summed E-state index contributed by atoms with van der Waals surface area (Å²) in [5.41, 5.74) is -0.488. The number of carbonyl (C=O) groups is 1. The van der Waals surface area contributed by atoms with E-state index in [0.29, 0.717) is 26.1 Å². The molecule has 0 aliphatic carbocycles. The number of unbranched alkanes of at least 4 members (excludes halogenated alkanes) is 9. The van der Waals surface area contributed by atoms with Gasteiger partial charge >= 0.3 is 5.97 Å². The standard InChI is InChI=1S/C18H34O3/c1-2-3-4-5-6-7-8-9-10-11-12-18(17(19)20)13-15-21-16-14-18/h2-16H2,1H3,(H,19,20). The van der Waals surface area contributed by atoms with Gasteiger partial charge in [-0.3, -0.25) is 4.79 Å². The van der Waals surface area contributed by atoms with Crippen LogP contribution >= 0.6 is 0 Å². The van der Waals surface area contributed by atoms with Gasteiger partial charge in [-0.15, -0.1) is 0 Å². The zero-order valence-electron chi connectivity index (χ0n) is 13.9. The second-order valence-corrected chi connectivity index (χ2v) is 6.63. The van der Waals surface area contributed by atoms with E-state index in [1.54, 1.807) is 0 Å². The molecule has 0 aromatic heterocycles. The fourth-order valence-electron chi connectivity index (χ4n) is 3.28. The number of rotatable bonds is 12. The van der Waals surface area contributed by atoms with E-state index in [-0.39, 0.29) is 0 Å². The highest BCUT2D eigenvalue weighted by molar-refractivity contribution is 5.74. The van der Waals surface area contributed by atoms with E-state index < -0.39 is 11.4 Å². The van der Waals surface area contributed by atoms with Gasteiger partial charge < -0.3 is 9.84 Å². The molecular formula is C18H34O3. The molecule has 0 atom stereocenters. The predicted octanol–water partition coefficient (Wildman–Crippen LogP) is 5.18. The van der Waals surface area contributed by atoms with Crippen LogP contribution in [-0.4, -0.2) is 24.3 Å². The highest BCUT2D eigenvalue weighted by Crippen LogP contribution is 2.36. The maximum Gasteiger partial charge on any atom is 0.309 e. The minimum atomic E-state index is -0.610. The van der Waals surface area contributed by atoms with Crippen molar-refractivity contribution in [2.75, 3.05) is 13.2 Å². The van der Waals surface area contributed by atoms with Crippen molar-refractivity contribution in [1.82, 2.24) is 0 Å². The van der Waals surface area contributed by atoms with Crippen molar-refractivity contribution in [3.8, 4) is 0 Å². The Hall–Kier alpha value is -0.570. The average molecular weight is 298 g/mol. The minimum Gasteiger partial charge on any atom is -0.481 e. The Morgan fingerprint density at radius 3 is 1.86 bits per heavy atom. The van der Waals surface area contributed by atoms with Crippen LogP contribution in [0.2, 0.25) is 0 Å². The molecule has 1 saturated heterocycles. The quantitative estimate of drug-likeness (QED) is 0.505. The van der Waals surface area contributed by atoms with Gasteiger partial charge in [0, 0.05) is 13.2 Å². The van der Waals surface area contributed by atoms with E-state index in [1.807, 2.05) is 0 Å². The number of ether oxygens (including phenoxy) is 1. The highest BCUT2D eigenvalue weighted by Gasteiger charge is 2.39. The summed E-state index contributed by atoms with van der Waals surface area (Å²) in [6.45, 7) is 3.48. The van der Waals surface area contributed by atoms with E-state index in [4.69, 9.17) is 4.74 Å². The molecule has 3 heteroatoms. The first-order chi connectivity index (χ1) is 10.2. The number of hydrogen-bond donors (Lipinski definition) is 1. The molecule has 0 unspecified atom stereocenters. The monoisotopic (exact) mass is 298 g/mol. The van der Waals surface area contributed by atoms with Crippen molar-refractivity contribution < 1.29 is 14.6 Å². The van der Waals surface area contributed by atoms with Gasteiger partial charge in [0.25, 0.3) is 0 Å². The molecule has 1 aliphatic heterocycles. The van der Waals surface area contributed by atoms with Crippen molar-refractivity contribution in [2.45, 2.75) is 90.4 Å². The van der Waals surface area contributed by atoms with Crippen molar-refractivity contribution in [3.63, 3.8) is 0 Å². The summed E-state index contributed by atoms with van der Waals surface area (Å²) in [5, 5.41) is 9.48. The van der Waals surface area contributed by atoms with E-state index in [1.165, 1.54) is 57.8 Å². The zero-order valence-corrected chi connectivity index (χ0v) is 13.9. The van der Waals surface area contributed by atoms with Crippen LogP contribution in [-0.2, 0) is 9.53 Å². The van der Waals surface area contributed by atoms with Crippen LogP contribution < -0.4 is 0 Å². The molecule has 0 aromatic carbocycles. The maximum absolute atomic E-state index is 11.5. The molecule has 0 radical (unpaired) electrons. The molecule has 0 saturated carbocycles. The summed E-state index contributed by atoms with van der Waals surface area (Å²) in [6, 6.07) is 0. The highest BCUT2D eigenvalue weighted by atomic mass is 16.5. The lowest BCUT2D eigenvalue weighted by Gasteiger charge is -2.33. The molecule has 3 nitrogen and oxygen atoms in total. The molecule has 124 valence electrons. The third kappa shape index (κ3) is 7.30. The molecule has 1 aliphatic rings. The zero-order chi connectivity index (χ0) is 15.4. The summed E-state index contributed by atoms with van der Waals surface area (Å²) in [6.07, 6.45) is 15.2. The number of carboxylic acid groups (broad SMARTS) is 1. The van der Waals surface area contributed by atoms with E-state index in [9.17, 15) is 9.90 Å². The van der Waals surface area contributed by atoms with Gasteiger partial charge in [0.2, 0.25) is 0 Å². The molecular weight excluding hydrogens is 264 g/mol. The molecule has 0 amide bonds. The summed E-state index contributed by atoms with van der Waals surface area (Å²) < 4.78 is 5.31. The Bertz CT molecular complexity index is 270. The van der Waals surface area contributed by atoms with Gasteiger partial charge in [-0.25, -0.2) is 0 Å². The Labute approximate surface area is 130 Å². The molecule has 0 bridgehead atoms. The minimum absolute atomic E-state index is 0.488. The molecule has 0 aromatic rings. The third-order valence-electron chi connectivity index (χ3n) is 4.91. The van der Waals surface area contributed by atoms with Crippen LogP contribution in [0.15, 0.2) is 0 Å². The van der Waals surface area contributed by atoms with Crippen LogP contribution in [0.5, 0.6) is 0 Å². The van der Waals surface area contributed by atoms with Gasteiger partial charge in [0.05, 0.1) is 5.41 Å². The Morgan fingerprint density at radius 2 is 1.38 bits per heavy atom. The summed E-state index contributed by atoms with van der Waals surface area (Å²) in [7, 11) is 0. The molecule has 1 rings (SSSR count).